The first-order chi connectivity index (χ1) is 10.6. The van der Waals surface area contributed by atoms with E-state index in [1.165, 1.54) is 7.11 Å². The number of halogens is 2. The van der Waals surface area contributed by atoms with Gasteiger partial charge in [0.25, 0.3) is 0 Å². The molecule has 0 bridgehead atoms. The van der Waals surface area contributed by atoms with E-state index in [2.05, 4.69) is 15.4 Å². The molecule has 2 N–H and O–H groups in total. The summed E-state index contributed by atoms with van der Waals surface area (Å²) < 4.78 is 4.53. The highest BCUT2D eigenvalue weighted by Gasteiger charge is 2.02. The molecule has 0 saturated heterocycles. The summed E-state index contributed by atoms with van der Waals surface area (Å²) in [5.41, 5.74) is 2.68. The third kappa shape index (κ3) is 4.83. The van der Waals surface area contributed by atoms with E-state index in [4.69, 9.17) is 23.2 Å². The molecule has 2 aromatic carbocycles. The van der Waals surface area contributed by atoms with E-state index in [1.807, 2.05) is 24.3 Å². The number of carbonyl (C=O) groups is 1. The van der Waals surface area contributed by atoms with Crippen LogP contribution in [0.2, 0.25) is 10.0 Å². The van der Waals surface area contributed by atoms with Crippen molar-refractivity contribution in [2.75, 3.05) is 24.3 Å². The minimum absolute atomic E-state index is 0.488. The summed E-state index contributed by atoms with van der Waals surface area (Å²) in [5.74, 6) is 0. The predicted octanol–water partition coefficient (Wildman–Crippen LogP) is 4.83. The molecule has 0 unspecified atom stereocenters. The number of carbonyl (C=O) groups excluding carboxylic acids is 1. The summed E-state index contributed by atoms with van der Waals surface area (Å²) in [6.07, 6.45) is 0.302. The molecule has 0 heterocycles. The number of rotatable bonds is 5. The second kappa shape index (κ2) is 7.92. The molecule has 0 aliphatic carbocycles. The van der Waals surface area contributed by atoms with Crippen molar-refractivity contribution in [3.63, 3.8) is 0 Å². The molecule has 0 aliphatic rings. The van der Waals surface area contributed by atoms with Crippen LogP contribution in [0.4, 0.5) is 16.2 Å². The molecular weight excluding hydrogens is 323 g/mol. The van der Waals surface area contributed by atoms with Gasteiger partial charge in [0.05, 0.1) is 7.11 Å². The Labute approximate surface area is 139 Å². The maximum Gasteiger partial charge on any atom is 0.411 e. The maximum atomic E-state index is 11.1. The largest absolute Gasteiger partial charge is 0.453 e. The van der Waals surface area contributed by atoms with Crippen LogP contribution in [-0.2, 0) is 11.2 Å². The normalized spacial score (nSPS) is 10.1. The van der Waals surface area contributed by atoms with Crippen LogP contribution in [-0.4, -0.2) is 19.7 Å². The van der Waals surface area contributed by atoms with Crippen molar-refractivity contribution in [1.29, 1.82) is 0 Å². The van der Waals surface area contributed by atoms with Gasteiger partial charge in [-0.2, -0.15) is 0 Å². The Morgan fingerprint density at radius 3 is 2.41 bits per heavy atom. The van der Waals surface area contributed by atoms with E-state index in [1.54, 1.807) is 18.2 Å². The van der Waals surface area contributed by atoms with Gasteiger partial charge in [0.15, 0.2) is 0 Å². The molecule has 0 saturated carbocycles. The molecule has 4 nitrogen and oxygen atoms in total. The van der Waals surface area contributed by atoms with Crippen LogP contribution in [0.3, 0.4) is 0 Å². The van der Waals surface area contributed by atoms with Crippen LogP contribution in [0.1, 0.15) is 5.56 Å². The first kappa shape index (κ1) is 16.5. The molecule has 0 aromatic heterocycles. The van der Waals surface area contributed by atoms with E-state index in [-0.39, 0.29) is 0 Å². The van der Waals surface area contributed by atoms with Gasteiger partial charge in [-0.3, -0.25) is 5.32 Å². The molecule has 0 atom stereocenters. The van der Waals surface area contributed by atoms with Gasteiger partial charge in [0.2, 0.25) is 0 Å². The number of benzene rings is 2. The smallest absolute Gasteiger partial charge is 0.411 e. The number of methoxy groups -OCH3 is 1. The number of hydrogen-bond acceptors (Lipinski definition) is 3. The van der Waals surface area contributed by atoms with Gasteiger partial charge in [0.1, 0.15) is 0 Å². The highest BCUT2D eigenvalue weighted by Crippen LogP contribution is 2.21. The van der Waals surface area contributed by atoms with Crippen LogP contribution in [0.5, 0.6) is 0 Å². The number of nitrogens with one attached hydrogen (secondary N) is 2. The van der Waals surface area contributed by atoms with Crippen molar-refractivity contribution in [2.24, 2.45) is 0 Å². The molecule has 0 aliphatic heterocycles. The van der Waals surface area contributed by atoms with Crippen LogP contribution < -0.4 is 10.6 Å². The standard InChI is InChI=1S/C16H16Cl2N2O2/c1-22-16(21)20-14-6-4-13(5-7-14)19-9-8-11-2-3-12(17)10-15(11)18/h2-7,10,19H,8-9H2,1H3,(H,20,21). The van der Waals surface area contributed by atoms with Crippen LogP contribution in [0.15, 0.2) is 42.5 Å². The van der Waals surface area contributed by atoms with E-state index in [0.717, 1.165) is 24.2 Å². The van der Waals surface area contributed by atoms with Crippen molar-refractivity contribution < 1.29 is 9.53 Å². The topological polar surface area (TPSA) is 50.4 Å². The van der Waals surface area contributed by atoms with Crippen molar-refractivity contribution in [2.45, 2.75) is 6.42 Å². The van der Waals surface area contributed by atoms with Gasteiger partial charge < -0.3 is 10.1 Å². The van der Waals surface area contributed by atoms with E-state index >= 15 is 0 Å². The van der Waals surface area contributed by atoms with Gasteiger partial charge in [0, 0.05) is 28.0 Å². The van der Waals surface area contributed by atoms with Crippen LogP contribution in [0, 0.1) is 0 Å². The lowest BCUT2D eigenvalue weighted by molar-refractivity contribution is 0.187. The number of hydrogen-bond donors (Lipinski definition) is 2. The molecule has 2 aromatic rings. The molecule has 2 rings (SSSR count). The summed E-state index contributed by atoms with van der Waals surface area (Å²) in [4.78, 5) is 11.1. The van der Waals surface area contributed by atoms with Crippen molar-refractivity contribution >= 4 is 40.7 Å². The molecule has 1 amide bonds. The number of anilines is 2. The third-order valence-electron chi connectivity index (χ3n) is 3.06. The second-order valence-electron chi connectivity index (χ2n) is 4.61. The van der Waals surface area contributed by atoms with Crippen molar-refractivity contribution in [3.05, 3.63) is 58.1 Å². The lowest BCUT2D eigenvalue weighted by atomic mass is 10.1. The number of ether oxygens (including phenoxy) is 1. The molecule has 116 valence electrons. The SMILES string of the molecule is COC(=O)Nc1ccc(NCCc2ccc(Cl)cc2Cl)cc1. The molecule has 0 radical (unpaired) electrons. The summed E-state index contributed by atoms with van der Waals surface area (Å²) >= 11 is 12.0. The Balaban J connectivity index is 1.85. The lowest BCUT2D eigenvalue weighted by Gasteiger charge is -2.09. The Morgan fingerprint density at radius 1 is 1.09 bits per heavy atom. The zero-order valence-electron chi connectivity index (χ0n) is 12.0. The Morgan fingerprint density at radius 2 is 1.77 bits per heavy atom. The van der Waals surface area contributed by atoms with Crippen molar-refractivity contribution in [1.82, 2.24) is 0 Å². The quantitative estimate of drug-likeness (QED) is 0.821. The van der Waals surface area contributed by atoms with Gasteiger partial charge in [-0.15, -0.1) is 0 Å². The lowest BCUT2D eigenvalue weighted by Crippen LogP contribution is -2.11. The number of amides is 1. The minimum atomic E-state index is -0.488. The van der Waals surface area contributed by atoms with Crippen molar-refractivity contribution in [3.8, 4) is 0 Å². The highest BCUT2D eigenvalue weighted by atomic mass is 35.5. The average Bonchev–Trinajstić information content (AvgIpc) is 2.51. The fraction of sp³-hybridized carbons (Fsp3) is 0.188. The predicted molar refractivity (Wildman–Crippen MR) is 91.1 cm³/mol. The maximum absolute atomic E-state index is 11.1. The van der Waals surface area contributed by atoms with Gasteiger partial charge in [-0.05, 0) is 48.4 Å². The summed E-state index contributed by atoms with van der Waals surface area (Å²) in [6, 6.07) is 12.9. The van der Waals surface area contributed by atoms with Crippen LogP contribution in [0.25, 0.3) is 0 Å². The first-order valence-corrected chi connectivity index (χ1v) is 7.47. The summed E-state index contributed by atoms with van der Waals surface area (Å²) in [5, 5.41) is 7.20. The Kier molecular flexibility index (Phi) is 5.92. The molecule has 22 heavy (non-hydrogen) atoms. The fourth-order valence-corrected chi connectivity index (χ4v) is 2.41. The van der Waals surface area contributed by atoms with Gasteiger partial charge in [-0.1, -0.05) is 29.3 Å². The minimum Gasteiger partial charge on any atom is -0.453 e. The monoisotopic (exact) mass is 338 g/mol. The Hall–Kier alpha value is -1.91. The molecule has 6 heteroatoms. The van der Waals surface area contributed by atoms with E-state index in [9.17, 15) is 4.79 Å². The zero-order valence-corrected chi connectivity index (χ0v) is 13.5. The Bertz CT molecular complexity index is 645. The van der Waals surface area contributed by atoms with Gasteiger partial charge in [-0.25, -0.2) is 4.79 Å². The average molecular weight is 339 g/mol. The third-order valence-corrected chi connectivity index (χ3v) is 3.64. The summed E-state index contributed by atoms with van der Waals surface area (Å²) in [6.45, 7) is 0.741. The first-order valence-electron chi connectivity index (χ1n) is 6.71. The summed E-state index contributed by atoms with van der Waals surface area (Å²) in [7, 11) is 1.33. The fourth-order valence-electron chi connectivity index (χ4n) is 1.91. The molecule has 0 spiro atoms. The molecular formula is C16H16Cl2N2O2. The van der Waals surface area contributed by atoms with Crippen LogP contribution >= 0.6 is 23.2 Å². The van der Waals surface area contributed by atoms with E-state index in [0.29, 0.717) is 15.7 Å². The molecule has 0 fully saturated rings. The zero-order chi connectivity index (χ0) is 15.9. The van der Waals surface area contributed by atoms with Gasteiger partial charge >= 0.3 is 6.09 Å². The highest BCUT2D eigenvalue weighted by molar-refractivity contribution is 6.35. The second-order valence-corrected chi connectivity index (χ2v) is 5.45. The van der Waals surface area contributed by atoms with E-state index < -0.39 is 6.09 Å².